The van der Waals surface area contributed by atoms with Gasteiger partial charge in [0.05, 0.1) is 5.52 Å². The predicted octanol–water partition coefficient (Wildman–Crippen LogP) is 4.98. The highest BCUT2D eigenvalue weighted by Crippen LogP contribution is 2.24. The van der Waals surface area contributed by atoms with E-state index in [-0.39, 0.29) is 0 Å². The van der Waals surface area contributed by atoms with E-state index in [1.165, 1.54) is 16.7 Å². The SMILES string of the molecule is CCC1=CC=Cc2c(ccn3nc(CCc4ccc5c(C)ncc(C)c5n4)nc23)C1. The summed E-state index contributed by atoms with van der Waals surface area (Å²) in [6, 6.07) is 6.40. The summed E-state index contributed by atoms with van der Waals surface area (Å²) in [7, 11) is 0. The van der Waals surface area contributed by atoms with Crippen LogP contribution in [0.3, 0.4) is 0 Å². The van der Waals surface area contributed by atoms with Crippen molar-refractivity contribution in [2.24, 2.45) is 0 Å². The van der Waals surface area contributed by atoms with Gasteiger partial charge in [-0.15, -0.1) is 0 Å². The summed E-state index contributed by atoms with van der Waals surface area (Å²) in [6.45, 7) is 6.30. The lowest BCUT2D eigenvalue weighted by atomic mass is 10.0. The average Bonchev–Trinajstić information content (AvgIpc) is 3.06. The molecule has 0 aromatic carbocycles. The number of fused-ring (bicyclic) bond motifs is 4. The van der Waals surface area contributed by atoms with Gasteiger partial charge in [-0.3, -0.25) is 9.97 Å². The highest BCUT2D eigenvalue weighted by Gasteiger charge is 2.14. The molecule has 4 heterocycles. The highest BCUT2D eigenvalue weighted by atomic mass is 15.3. The quantitative estimate of drug-likeness (QED) is 0.489. The smallest absolute Gasteiger partial charge is 0.163 e. The van der Waals surface area contributed by atoms with Gasteiger partial charge < -0.3 is 0 Å². The van der Waals surface area contributed by atoms with Gasteiger partial charge in [0.2, 0.25) is 0 Å². The third kappa shape index (κ3) is 3.30. The zero-order valence-corrected chi connectivity index (χ0v) is 17.7. The Morgan fingerprint density at radius 3 is 2.83 bits per heavy atom. The fraction of sp³-hybridized carbons (Fsp3) is 0.280. The first kappa shape index (κ1) is 18.7. The fourth-order valence-electron chi connectivity index (χ4n) is 4.11. The van der Waals surface area contributed by atoms with E-state index in [0.29, 0.717) is 0 Å². The fourth-order valence-corrected chi connectivity index (χ4v) is 4.11. The molecule has 4 aromatic heterocycles. The standard InChI is InChI=1S/C25H25N5/c1-4-18-6-5-7-22-19(14-18)12-13-30-25(22)28-23(29-30)11-9-20-8-10-21-17(3)26-15-16(2)24(21)27-20/h5-8,10,12-13,15H,4,9,11,14H2,1-3H3. The molecule has 0 amide bonds. The Balaban J connectivity index is 1.42. The molecule has 0 aliphatic heterocycles. The van der Waals surface area contributed by atoms with Crippen LogP contribution in [0.1, 0.15) is 47.2 Å². The predicted molar refractivity (Wildman–Crippen MR) is 121 cm³/mol. The van der Waals surface area contributed by atoms with Crippen molar-refractivity contribution in [3.8, 4) is 0 Å². The lowest BCUT2D eigenvalue weighted by Crippen LogP contribution is -1.99. The maximum absolute atomic E-state index is 4.88. The summed E-state index contributed by atoms with van der Waals surface area (Å²) >= 11 is 0. The zero-order chi connectivity index (χ0) is 20.7. The third-order valence-electron chi connectivity index (χ3n) is 5.92. The summed E-state index contributed by atoms with van der Waals surface area (Å²) in [5, 5.41) is 5.84. The van der Waals surface area contributed by atoms with Gasteiger partial charge >= 0.3 is 0 Å². The average molecular weight is 396 g/mol. The van der Waals surface area contributed by atoms with Gasteiger partial charge in [0, 0.05) is 41.2 Å². The van der Waals surface area contributed by atoms with E-state index in [9.17, 15) is 0 Å². The highest BCUT2D eigenvalue weighted by molar-refractivity contribution is 5.83. The number of allylic oxidation sites excluding steroid dienone is 3. The van der Waals surface area contributed by atoms with E-state index in [1.807, 2.05) is 23.8 Å². The number of pyridine rings is 3. The number of nitrogens with zero attached hydrogens (tertiary/aromatic N) is 5. The van der Waals surface area contributed by atoms with E-state index < -0.39 is 0 Å². The molecule has 1 aliphatic rings. The molecule has 30 heavy (non-hydrogen) atoms. The van der Waals surface area contributed by atoms with Crippen molar-refractivity contribution in [3.63, 3.8) is 0 Å². The van der Waals surface area contributed by atoms with Gasteiger partial charge in [-0.25, -0.2) is 9.50 Å². The Morgan fingerprint density at radius 1 is 1.07 bits per heavy atom. The molecule has 1 aliphatic carbocycles. The van der Waals surface area contributed by atoms with Gasteiger partial charge in [0.1, 0.15) is 0 Å². The van der Waals surface area contributed by atoms with Crippen LogP contribution < -0.4 is 0 Å². The molecule has 0 saturated carbocycles. The Hall–Kier alpha value is -3.34. The Labute approximate surface area is 176 Å². The molecular formula is C25H25N5. The van der Waals surface area contributed by atoms with Crippen LogP contribution >= 0.6 is 0 Å². The molecule has 0 N–H and O–H groups in total. The van der Waals surface area contributed by atoms with Crippen LogP contribution in [0.25, 0.3) is 22.6 Å². The second kappa shape index (κ2) is 7.48. The maximum Gasteiger partial charge on any atom is 0.163 e. The van der Waals surface area contributed by atoms with Crippen LogP contribution in [0.15, 0.2) is 48.3 Å². The van der Waals surface area contributed by atoms with Crippen LogP contribution in [-0.2, 0) is 19.3 Å². The monoisotopic (exact) mass is 395 g/mol. The van der Waals surface area contributed by atoms with Crippen LogP contribution in [-0.4, -0.2) is 24.6 Å². The summed E-state index contributed by atoms with van der Waals surface area (Å²) in [5.41, 5.74) is 9.11. The molecule has 0 bridgehead atoms. The third-order valence-corrected chi connectivity index (χ3v) is 5.92. The number of rotatable bonds is 4. The van der Waals surface area contributed by atoms with Crippen molar-refractivity contribution in [3.05, 3.63) is 82.2 Å². The van der Waals surface area contributed by atoms with Gasteiger partial charge in [-0.1, -0.05) is 30.7 Å². The van der Waals surface area contributed by atoms with E-state index in [0.717, 1.165) is 65.0 Å². The van der Waals surface area contributed by atoms with Gasteiger partial charge in [-0.2, -0.15) is 5.10 Å². The van der Waals surface area contributed by atoms with Crippen LogP contribution in [0, 0.1) is 13.8 Å². The Morgan fingerprint density at radius 2 is 1.97 bits per heavy atom. The molecule has 0 spiro atoms. The first-order valence-electron chi connectivity index (χ1n) is 10.6. The van der Waals surface area contributed by atoms with E-state index >= 15 is 0 Å². The van der Waals surface area contributed by atoms with Crippen molar-refractivity contribution in [2.45, 2.75) is 46.5 Å². The number of hydrogen-bond acceptors (Lipinski definition) is 4. The molecule has 5 rings (SSSR count). The second-order valence-corrected chi connectivity index (χ2v) is 7.99. The van der Waals surface area contributed by atoms with E-state index in [1.54, 1.807) is 0 Å². The van der Waals surface area contributed by atoms with Crippen LogP contribution in [0.2, 0.25) is 0 Å². The second-order valence-electron chi connectivity index (χ2n) is 7.99. The lowest BCUT2D eigenvalue weighted by molar-refractivity contribution is 0.822. The molecule has 0 radical (unpaired) electrons. The molecule has 0 atom stereocenters. The van der Waals surface area contributed by atoms with Crippen molar-refractivity contribution in [1.29, 1.82) is 0 Å². The van der Waals surface area contributed by atoms with Gasteiger partial charge in [0.25, 0.3) is 0 Å². The first-order chi connectivity index (χ1) is 14.6. The number of aryl methyl sites for hydroxylation is 4. The number of hydrogen-bond donors (Lipinski definition) is 0. The van der Waals surface area contributed by atoms with Crippen molar-refractivity contribution >= 4 is 22.6 Å². The first-order valence-corrected chi connectivity index (χ1v) is 10.6. The minimum atomic E-state index is 0.764. The zero-order valence-electron chi connectivity index (χ0n) is 17.7. The molecule has 0 saturated heterocycles. The van der Waals surface area contributed by atoms with Gasteiger partial charge in [-0.05, 0) is 62.4 Å². The van der Waals surface area contributed by atoms with Crippen molar-refractivity contribution in [1.82, 2.24) is 24.6 Å². The molecule has 150 valence electrons. The normalized spacial score (nSPS) is 13.5. The number of aromatic nitrogens is 5. The van der Waals surface area contributed by atoms with Gasteiger partial charge in [0.15, 0.2) is 11.5 Å². The summed E-state index contributed by atoms with van der Waals surface area (Å²) in [5.74, 6) is 0.856. The largest absolute Gasteiger partial charge is 0.261 e. The molecule has 4 aromatic rings. The minimum Gasteiger partial charge on any atom is -0.261 e. The maximum atomic E-state index is 4.88. The van der Waals surface area contributed by atoms with Crippen molar-refractivity contribution < 1.29 is 0 Å². The van der Waals surface area contributed by atoms with Crippen LogP contribution in [0.5, 0.6) is 0 Å². The molecule has 0 unspecified atom stereocenters. The minimum absolute atomic E-state index is 0.764. The Kier molecular flexibility index (Phi) is 4.66. The summed E-state index contributed by atoms with van der Waals surface area (Å²) in [6.07, 6.45) is 14.1. The molecule has 5 nitrogen and oxygen atoms in total. The van der Waals surface area contributed by atoms with Crippen molar-refractivity contribution in [2.75, 3.05) is 0 Å². The van der Waals surface area contributed by atoms with Crippen LogP contribution in [0.4, 0.5) is 0 Å². The molecule has 0 fully saturated rings. The lowest BCUT2D eigenvalue weighted by Gasteiger charge is -2.06. The topological polar surface area (TPSA) is 56.0 Å². The molecular weight excluding hydrogens is 370 g/mol. The van der Waals surface area contributed by atoms with E-state index in [4.69, 9.17) is 15.1 Å². The Bertz CT molecular complexity index is 1330. The summed E-state index contributed by atoms with van der Waals surface area (Å²) < 4.78 is 1.91. The van der Waals surface area contributed by atoms with E-state index in [2.05, 4.69) is 55.3 Å². The molecule has 5 heteroatoms. The summed E-state index contributed by atoms with van der Waals surface area (Å²) in [4.78, 5) is 14.2.